The number of hydrogen-bond acceptors (Lipinski definition) is 4. The van der Waals surface area contributed by atoms with E-state index in [9.17, 15) is 4.79 Å². The third kappa shape index (κ3) is 6.59. The molecule has 0 spiro atoms. The lowest BCUT2D eigenvalue weighted by Gasteiger charge is -2.21. The number of carbonyl (C=O) groups is 1. The van der Waals surface area contributed by atoms with E-state index in [0.717, 1.165) is 5.75 Å². The van der Waals surface area contributed by atoms with E-state index >= 15 is 0 Å². The van der Waals surface area contributed by atoms with Crippen molar-refractivity contribution in [3.05, 3.63) is 29.3 Å². The molecule has 0 radical (unpaired) electrons. The van der Waals surface area contributed by atoms with Crippen LogP contribution in [-0.4, -0.2) is 56.0 Å². The van der Waals surface area contributed by atoms with Gasteiger partial charge in [-0.15, -0.1) is 0 Å². The second-order valence-corrected chi connectivity index (χ2v) is 5.63. The van der Waals surface area contributed by atoms with Crippen LogP contribution in [0.3, 0.4) is 0 Å². The zero-order valence-electron chi connectivity index (χ0n) is 13.9. The molecule has 1 rings (SSSR count). The van der Waals surface area contributed by atoms with Crippen molar-refractivity contribution < 1.29 is 9.53 Å². The molecule has 120 valence electrons. The molecule has 1 aromatic carbocycles. The molecule has 22 heavy (non-hydrogen) atoms. The molecule has 0 saturated carbocycles. The van der Waals surface area contributed by atoms with Crippen molar-refractivity contribution in [1.29, 1.82) is 5.26 Å². The van der Waals surface area contributed by atoms with E-state index in [2.05, 4.69) is 6.07 Å². The number of aryl methyl sites for hydroxylation is 2. The van der Waals surface area contributed by atoms with Crippen molar-refractivity contribution in [2.24, 2.45) is 0 Å². The number of benzene rings is 1. The zero-order valence-corrected chi connectivity index (χ0v) is 13.9. The summed E-state index contributed by atoms with van der Waals surface area (Å²) in [6.45, 7) is 6.10. The van der Waals surface area contributed by atoms with Gasteiger partial charge in [-0.2, -0.15) is 5.26 Å². The molecule has 0 aliphatic heterocycles. The Morgan fingerprint density at radius 2 is 1.82 bits per heavy atom. The van der Waals surface area contributed by atoms with Gasteiger partial charge in [-0.1, -0.05) is 6.07 Å². The van der Waals surface area contributed by atoms with Crippen LogP contribution in [0.2, 0.25) is 0 Å². The number of likely N-dealkylation sites (N-methyl/N-ethyl adjacent to an activating group) is 2. The standard InChI is InChI=1S/C17H25N3O2/c1-14-10-15(2)12-16(11-14)22-9-8-19(3)13-17(21)20(4)7-5-6-18/h10-12H,5,7-9,13H2,1-4H3. The van der Waals surface area contributed by atoms with Crippen LogP contribution in [0.25, 0.3) is 0 Å². The van der Waals surface area contributed by atoms with Gasteiger partial charge in [0.25, 0.3) is 0 Å². The Bertz CT molecular complexity index is 517. The van der Waals surface area contributed by atoms with E-state index in [0.29, 0.717) is 32.7 Å². The van der Waals surface area contributed by atoms with Crippen LogP contribution in [0.1, 0.15) is 17.5 Å². The number of amides is 1. The summed E-state index contributed by atoms with van der Waals surface area (Å²) >= 11 is 0. The first-order valence-corrected chi connectivity index (χ1v) is 7.43. The molecule has 0 N–H and O–H groups in total. The van der Waals surface area contributed by atoms with Crippen LogP contribution < -0.4 is 4.74 Å². The van der Waals surface area contributed by atoms with Crippen molar-refractivity contribution in [2.75, 3.05) is 40.3 Å². The molecule has 5 nitrogen and oxygen atoms in total. The Morgan fingerprint density at radius 1 is 1.18 bits per heavy atom. The van der Waals surface area contributed by atoms with Gasteiger partial charge in [0.2, 0.25) is 5.91 Å². The molecular formula is C17H25N3O2. The predicted molar refractivity (Wildman–Crippen MR) is 86.8 cm³/mol. The summed E-state index contributed by atoms with van der Waals surface area (Å²) in [6, 6.07) is 8.16. The van der Waals surface area contributed by atoms with Gasteiger partial charge in [0.05, 0.1) is 19.0 Å². The largest absolute Gasteiger partial charge is 0.492 e. The fraction of sp³-hybridized carbons (Fsp3) is 0.529. The van der Waals surface area contributed by atoms with Crippen molar-refractivity contribution in [3.8, 4) is 11.8 Å². The summed E-state index contributed by atoms with van der Waals surface area (Å²) in [7, 11) is 3.61. The average Bonchev–Trinajstić information content (AvgIpc) is 2.43. The normalized spacial score (nSPS) is 10.4. The van der Waals surface area contributed by atoms with Gasteiger partial charge < -0.3 is 9.64 Å². The minimum Gasteiger partial charge on any atom is -0.492 e. The van der Waals surface area contributed by atoms with E-state index < -0.39 is 0 Å². The summed E-state index contributed by atoms with van der Waals surface area (Å²) in [6.07, 6.45) is 0.363. The minimum atomic E-state index is 0.0177. The summed E-state index contributed by atoms with van der Waals surface area (Å²) in [5, 5.41) is 8.53. The predicted octanol–water partition coefficient (Wildman–Crippen LogP) is 1.99. The summed E-state index contributed by atoms with van der Waals surface area (Å²) < 4.78 is 5.74. The highest BCUT2D eigenvalue weighted by Gasteiger charge is 2.11. The average molecular weight is 303 g/mol. The fourth-order valence-corrected chi connectivity index (χ4v) is 2.11. The maximum Gasteiger partial charge on any atom is 0.236 e. The van der Waals surface area contributed by atoms with Gasteiger partial charge in [-0.3, -0.25) is 9.69 Å². The monoisotopic (exact) mass is 303 g/mol. The molecule has 1 aromatic rings. The molecule has 0 heterocycles. The lowest BCUT2D eigenvalue weighted by Crippen LogP contribution is -2.38. The van der Waals surface area contributed by atoms with Crippen molar-refractivity contribution in [2.45, 2.75) is 20.3 Å². The van der Waals surface area contributed by atoms with E-state index in [-0.39, 0.29) is 5.91 Å². The molecule has 0 bridgehead atoms. The lowest BCUT2D eigenvalue weighted by atomic mass is 10.1. The van der Waals surface area contributed by atoms with Gasteiger partial charge in [-0.05, 0) is 44.2 Å². The Kier molecular flexibility index (Phi) is 7.41. The highest BCUT2D eigenvalue weighted by molar-refractivity contribution is 5.77. The Morgan fingerprint density at radius 3 is 2.41 bits per heavy atom. The van der Waals surface area contributed by atoms with Crippen molar-refractivity contribution >= 4 is 5.91 Å². The van der Waals surface area contributed by atoms with Crippen molar-refractivity contribution in [3.63, 3.8) is 0 Å². The molecule has 5 heteroatoms. The number of carbonyl (C=O) groups excluding carboxylic acids is 1. The van der Waals surface area contributed by atoms with Gasteiger partial charge in [0.15, 0.2) is 0 Å². The first-order valence-electron chi connectivity index (χ1n) is 7.43. The highest BCUT2D eigenvalue weighted by Crippen LogP contribution is 2.15. The van der Waals surface area contributed by atoms with Crippen LogP contribution >= 0.6 is 0 Å². The van der Waals surface area contributed by atoms with Gasteiger partial charge in [0, 0.05) is 20.1 Å². The quantitative estimate of drug-likeness (QED) is 0.737. The van der Waals surface area contributed by atoms with Gasteiger partial charge in [-0.25, -0.2) is 0 Å². The fourth-order valence-electron chi connectivity index (χ4n) is 2.11. The first kappa shape index (κ1) is 18.0. The summed E-state index contributed by atoms with van der Waals surface area (Å²) in [5.74, 6) is 0.882. The number of hydrogen-bond donors (Lipinski definition) is 0. The maximum absolute atomic E-state index is 11.9. The van der Waals surface area contributed by atoms with Gasteiger partial charge in [0.1, 0.15) is 12.4 Å². The van der Waals surface area contributed by atoms with Crippen LogP contribution in [-0.2, 0) is 4.79 Å². The molecule has 0 aliphatic carbocycles. The number of nitrogens with zero attached hydrogens (tertiary/aromatic N) is 3. The SMILES string of the molecule is Cc1cc(C)cc(OCCN(C)CC(=O)N(C)CCC#N)c1. The topological polar surface area (TPSA) is 56.6 Å². The van der Waals surface area contributed by atoms with Crippen molar-refractivity contribution in [1.82, 2.24) is 9.80 Å². The van der Waals surface area contributed by atoms with Crippen LogP contribution in [0.4, 0.5) is 0 Å². The molecule has 0 unspecified atom stereocenters. The van der Waals surface area contributed by atoms with Gasteiger partial charge >= 0.3 is 0 Å². The molecular weight excluding hydrogens is 278 g/mol. The van der Waals surface area contributed by atoms with E-state index in [4.69, 9.17) is 10.00 Å². The zero-order chi connectivity index (χ0) is 16.5. The molecule has 0 fully saturated rings. The van der Waals surface area contributed by atoms with E-state index in [1.165, 1.54) is 11.1 Å². The number of rotatable bonds is 8. The Balaban J connectivity index is 2.32. The Labute approximate surface area is 133 Å². The summed E-state index contributed by atoms with van der Waals surface area (Å²) in [4.78, 5) is 15.4. The molecule has 1 amide bonds. The second kappa shape index (κ2) is 9.06. The number of nitriles is 1. The third-order valence-electron chi connectivity index (χ3n) is 3.33. The number of ether oxygens (including phenoxy) is 1. The van der Waals surface area contributed by atoms with Crippen LogP contribution in [0.15, 0.2) is 18.2 Å². The summed E-state index contributed by atoms with van der Waals surface area (Å²) in [5.41, 5.74) is 2.36. The molecule has 0 aromatic heterocycles. The van der Waals surface area contributed by atoms with Crippen LogP contribution in [0, 0.1) is 25.2 Å². The maximum atomic E-state index is 11.9. The first-order chi connectivity index (χ1) is 10.4. The Hall–Kier alpha value is -2.06. The van der Waals surface area contributed by atoms with E-state index in [1.54, 1.807) is 11.9 Å². The highest BCUT2D eigenvalue weighted by atomic mass is 16.5. The van der Waals surface area contributed by atoms with E-state index in [1.807, 2.05) is 44.0 Å². The minimum absolute atomic E-state index is 0.0177. The van der Waals surface area contributed by atoms with Crippen LogP contribution in [0.5, 0.6) is 5.75 Å². The second-order valence-electron chi connectivity index (χ2n) is 5.63. The third-order valence-corrected chi connectivity index (χ3v) is 3.33. The molecule has 0 saturated heterocycles. The molecule has 0 aliphatic rings. The lowest BCUT2D eigenvalue weighted by molar-refractivity contribution is -0.130. The smallest absolute Gasteiger partial charge is 0.236 e. The molecule has 0 atom stereocenters.